The quantitative estimate of drug-likeness (QED) is 0.234. The van der Waals surface area contributed by atoms with Crippen molar-refractivity contribution in [2.45, 2.75) is 69.8 Å². The van der Waals surface area contributed by atoms with E-state index >= 15 is 0 Å². The minimum absolute atomic E-state index is 0.0976. The van der Waals surface area contributed by atoms with Crippen molar-refractivity contribution in [3.05, 3.63) is 12.2 Å². The predicted octanol–water partition coefficient (Wildman–Crippen LogP) is 2.65. The summed E-state index contributed by atoms with van der Waals surface area (Å²) in [5.41, 5.74) is -1.90. The SMILES string of the molecule is C=C(C)C(=O)OCC(=O)OC1(C)C2CC3CC1CC(C(=O)OC(C)C(F)(F)S(=O)(=O)O)(C3)C2. The lowest BCUT2D eigenvalue weighted by Gasteiger charge is -2.62. The maximum atomic E-state index is 13.9. The fourth-order valence-electron chi connectivity index (χ4n) is 5.69. The summed E-state index contributed by atoms with van der Waals surface area (Å²) in [6, 6.07) is 0. The topological polar surface area (TPSA) is 133 Å². The number of alkyl halides is 2. The molecular formula is C21H28F2O9S. The molecule has 186 valence electrons. The number of hydrogen-bond acceptors (Lipinski definition) is 8. The van der Waals surface area contributed by atoms with Gasteiger partial charge in [0.2, 0.25) is 0 Å². The van der Waals surface area contributed by atoms with Gasteiger partial charge in [-0.05, 0) is 58.8 Å². The second-order valence-electron chi connectivity index (χ2n) is 9.72. The largest absolute Gasteiger partial charge is 0.456 e. The Morgan fingerprint density at radius 1 is 1.18 bits per heavy atom. The van der Waals surface area contributed by atoms with Crippen LogP contribution >= 0.6 is 0 Å². The molecule has 0 spiro atoms. The van der Waals surface area contributed by atoms with Crippen molar-refractivity contribution in [1.82, 2.24) is 0 Å². The summed E-state index contributed by atoms with van der Waals surface area (Å²) in [7, 11) is -5.76. The molecule has 0 radical (unpaired) electrons. The summed E-state index contributed by atoms with van der Waals surface area (Å²) < 4.78 is 73.9. The highest BCUT2D eigenvalue weighted by atomic mass is 32.2. The van der Waals surface area contributed by atoms with Gasteiger partial charge < -0.3 is 14.2 Å². The number of ether oxygens (including phenoxy) is 3. The summed E-state index contributed by atoms with van der Waals surface area (Å²) in [6.07, 6.45) is -0.199. The lowest BCUT2D eigenvalue weighted by molar-refractivity contribution is -0.230. The van der Waals surface area contributed by atoms with E-state index in [9.17, 15) is 31.6 Å². The van der Waals surface area contributed by atoms with E-state index in [0.29, 0.717) is 26.2 Å². The van der Waals surface area contributed by atoms with Crippen molar-refractivity contribution in [2.75, 3.05) is 6.61 Å². The lowest BCUT2D eigenvalue weighted by Crippen LogP contribution is -2.63. The van der Waals surface area contributed by atoms with E-state index in [0.717, 1.165) is 0 Å². The Balaban J connectivity index is 1.71. The van der Waals surface area contributed by atoms with Crippen molar-refractivity contribution in [3.63, 3.8) is 0 Å². The maximum absolute atomic E-state index is 13.9. The number of carbonyl (C=O) groups is 3. The standard InChI is InChI=1S/C21H28F2O9S/c1-11(2)17(25)30-10-16(24)32-19(4)14-5-13-6-15(19)9-20(7-13,8-14)18(26)31-12(3)21(22,23)33(27,28)29/h12-15H,1,5-10H2,2-4H3,(H,27,28,29). The minimum Gasteiger partial charge on any atom is -0.456 e. The normalized spacial score (nSPS) is 33.8. The zero-order valence-electron chi connectivity index (χ0n) is 18.6. The van der Waals surface area contributed by atoms with Crippen LogP contribution in [0.5, 0.6) is 0 Å². The van der Waals surface area contributed by atoms with Crippen LogP contribution in [0.15, 0.2) is 12.2 Å². The third-order valence-electron chi connectivity index (χ3n) is 7.35. The second kappa shape index (κ2) is 8.30. The molecule has 4 saturated carbocycles. The first kappa shape index (κ1) is 25.5. The zero-order valence-corrected chi connectivity index (χ0v) is 19.5. The molecule has 4 rings (SSSR count). The monoisotopic (exact) mass is 494 g/mol. The fourth-order valence-corrected chi connectivity index (χ4v) is 6.16. The van der Waals surface area contributed by atoms with Gasteiger partial charge in [-0.3, -0.25) is 9.35 Å². The van der Waals surface area contributed by atoms with E-state index in [2.05, 4.69) is 6.58 Å². The Labute approximate surface area is 190 Å². The molecule has 4 bridgehead atoms. The van der Waals surface area contributed by atoms with Crippen LogP contribution < -0.4 is 0 Å². The number of halogens is 2. The van der Waals surface area contributed by atoms with E-state index in [1.807, 2.05) is 0 Å². The van der Waals surface area contributed by atoms with E-state index < -0.39 is 57.0 Å². The first-order chi connectivity index (χ1) is 15.0. The van der Waals surface area contributed by atoms with Gasteiger partial charge >= 0.3 is 33.3 Å². The van der Waals surface area contributed by atoms with Gasteiger partial charge in [-0.25, -0.2) is 9.59 Å². The molecule has 9 nitrogen and oxygen atoms in total. The molecule has 1 N–H and O–H groups in total. The molecule has 0 aliphatic heterocycles. The van der Waals surface area contributed by atoms with Crippen molar-refractivity contribution in [3.8, 4) is 0 Å². The number of carbonyl (C=O) groups excluding carboxylic acids is 3. The molecule has 4 aliphatic rings. The van der Waals surface area contributed by atoms with Crippen molar-refractivity contribution in [2.24, 2.45) is 23.2 Å². The number of rotatable bonds is 8. The van der Waals surface area contributed by atoms with Crippen molar-refractivity contribution in [1.29, 1.82) is 0 Å². The molecule has 3 atom stereocenters. The van der Waals surface area contributed by atoms with Crippen LogP contribution in [0, 0.1) is 23.2 Å². The van der Waals surface area contributed by atoms with Gasteiger partial charge in [-0.15, -0.1) is 0 Å². The molecule has 33 heavy (non-hydrogen) atoms. The molecule has 4 aliphatic carbocycles. The van der Waals surface area contributed by atoms with Crippen molar-refractivity contribution < 1.29 is 50.3 Å². The molecule has 0 aromatic rings. The van der Waals surface area contributed by atoms with Crippen LogP contribution in [0.4, 0.5) is 8.78 Å². The average Bonchev–Trinajstić information content (AvgIpc) is 2.68. The first-order valence-corrected chi connectivity index (χ1v) is 12.1. The van der Waals surface area contributed by atoms with Gasteiger partial charge in [-0.1, -0.05) is 6.58 Å². The van der Waals surface area contributed by atoms with Gasteiger partial charge in [0.25, 0.3) is 0 Å². The summed E-state index contributed by atoms with van der Waals surface area (Å²) in [5.74, 6) is -2.82. The average molecular weight is 495 g/mol. The van der Waals surface area contributed by atoms with Crippen LogP contribution in [-0.4, -0.2) is 54.4 Å². The highest BCUT2D eigenvalue weighted by Gasteiger charge is 2.65. The van der Waals surface area contributed by atoms with Gasteiger partial charge in [0, 0.05) is 17.4 Å². The van der Waals surface area contributed by atoms with Crippen LogP contribution in [0.1, 0.15) is 52.9 Å². The highest BCUT2D eigenvalue weighted by molar-refractivity contribution is 7.86. The molecule has 4 fully saturated rings. The Bertz CT molecular complexity index is 958. The number of hydrogen-bond donors (Lipinski definition) is 1. The van der Waals surface area contributed by atoms with Gasteiger partial charge in [0.1, 0.15) is 5.60 Å². The third kappa shape index (κ3) is 4.51. The van der Waals surface area contributed by atoms with Crippen LogP contribution in [-0.2, 0) is 38.7 Å². The molecule has 0 aromatic heterocycles. The summed E-state index contributed by atoms with van der Waals surface area (Å²) in [4.78, 5) is 36.8. The van der Waals surface area contributed by atoms with E-state index in [1.54, 1.807) is 6.92 Å². The fraction of sp³-hybridized carbons (Fsp3) is 0.762. The summed E-state index contributed by atoms with van der Waals surface area (Å²) in [5, 5.41) is -4.64. The third-order valence-corrected chi connectivity index (χ3v) is 8.37. The maximum Gasteiger partial charge on any atom is 0.405 e. The Morgan fingerprint density at radius 2 is 1.73 bits per heavy atom. The van der Waals surface area contributed by atoms with Crippen LogP contribution in [0.25, 0.3) is 0 Å². The molecule has 0 saturated heterocycles. The first-order valence-electron chi connectivity index (χ1n) is 10.6. The van der Waals surface area contributed by atoms with E-state index in [4.69, 9.17) is 18.8 Å². The van der Waals surface area contributed by atoms with E-state index in [-0.39, 0.29) is 36.2 Å². The highest BCUT2D eigenvalue weighted by Crippen LogP contribution is 2.65. The molecule has 0 amide bonds. The molecule has 0 heterocycles. The minimum atomic E-state index is -5.76. The molecular weight excluding hydrogens is 466 g/mol. The smallest absolute Gasteiger partial charge is 0.405 e. The van der Waals surface area contributed by atoms with E-state index in [1.165, 1.54) is 6.92 Å². The van der Waals surface area contributed by atoms with Crippen LogP contribution in [0.3, 0.4) is 0 Å². The Morgan fingerprint density at radius 3 is 2.21 bits per heavy atom. The molecule has 0 aromatic carbocycles. The zero-order chi connectivity index (χ0) is 25.0. The number of esters is 3. The summed E-state index contributed by atoms with van der Waals surface area (Å²) in [6.45, 7) is 6.76. The molecule has 3 unspecified atom stereocenters. The van der Waals surface area contributed by atoms with Gasteiger partial charge in [0.15, 0.2) is 12.7 Å². The van der Waals surface area contributed by atoms with Crippen molar-refractivity contribution >= 4 is 28.0 Å². The summed E-state index contributed by atoms with van der Waals surface area (Å²) >= 11 is 0. The van der Waals surface area contributed by atoms with Gasteiger partial charge in [0.05, 0.1) is 5.41 Å². The van der Waals surface area contributed by atoms with Crippen LogP contribution in [0.2, 0.25) is 0 Å². The van der Waals surface area contributed by atoms with Gasteiger partial charge in [-0.2, -0.15) is 17.2 Å². The Kier molecular flexibility index (Phi) is 6.42. The Hall–Kier alpha value is -2.08. The molecule has 12 heteroatoms. The second-order valence-corrected chi connectivity index (χ2v) is 11.2. The predicted molar refractivity (Wildman–Crippen MR) is 108 cm³/mol. The lowest BCUT2D eigenvalue weighted by atomic mass is 9.45.